The van der Waals surface area contributed by atoms with Crippen molar-refractivity contribution in [2.24, 2.45) is 23.7 Å². The van der Waals surface area contributed by atoms with Crippen molar-refractivity contribution in [1.82, 2.24) is 5.32 Å². The number of hydrogen-bond donors (Lipinski definition) is 1. The SMILES string of the molecule is CC(C)(F)CC1CNC2C3C=CC(C3)C12. The molecular formula is C13H20FN. The first-order valence-electron chi connectivity index (χ1n) is 6.15. The lowest BCUT2D eigenvalue weighted by Gasteiger charge is -2.28. The molecule has 0 radical (unpaired) electrons. The Morgan fingerprint density at radius 1 is 1.33 bits per heavy atom. The summed E-state index contributed by atoms with van der Waals surface area (Å²) >= 11 is 0. The van der Waals surface area contributed by atoms with Crippen LogP contribution in [0.15, 0.2) is 12.2 Å². The standard InChI is InChI=1S/C13H20FN/c1-13(2,14)6-10-7-15-12-9-4-3-8(5-9)11(10)12/h3-4,8-12,15H,5-7H2,1-2H3. The van der Waals surface area contributed by atoms with E-state index < -0.39 is 5.67 Å². The first kappa shape index (κ1) is 9.83. The van der Waals surface area contributed by atoms with Crippen molar-refractivity contribution in [3.63, 3.8) is 0 Å². The monoisotopic (exact) mass is 209 g/mol. The summed E-state index contributed by atoms with van der Waals surface area (Å²) in [5.41, 5.74) is -1.01. The van der Waals surface area contributed by atoms with Crippen LogP contribution in [0, 0.1) is 23.7 Å². The summed E-state index contributed by atoms with van der Waals surface area (Å²) in [5, 5.41) is 3.60. The second kappa shape index (κ2) is 3.07. The Balaban J connectivity index is 1.75. The van der Waals surface area contributed by atoms with Crippen LogP contribution in [0.4, 0.5) is 4.39 Å². The zero-order valence-electron chi connectivity index (χ0n) is 9.54. The fourth-order valence-corrected chi connectivity index (χ4v) is 4.05. The molecule has 1 heterocycles. The number of hydrogen-bond acceptors (Lipinski definition) is 1. The Morgan fingerprint density at radius 2 is 2.07 bits per heavy atom. The van der Waals surface area contributed by atoms with Gasteiger partial charge in [-0.1, -0.05) is 12.2 Å². The van der Waals surface area contributed by atoms with Crippen LogP contribution in [-0.2, 0) is 0 Å². The van der Waals surface area contributed by atoms with E-state index in [1.807, 2.05) is 0 Å². The van der Waals surface area contributed by atoms with Crippen molar-refractivity contribution in [3.05, 3.63) is 12.2 Å². The van der Waals surface area contributed by atoms with Crippen LogP contribution in [0.2, 0.25) is 0 Å². The third-order valence-corrected chi connectivity index (χ3v) is 4.43. The molecule has 1 N–H and O–H groups in total. The maximum Gasteiger partial charge on any atom is 0.105 e. The highest BCUT2D eigenvalue weighted by Crippen LogP contribution is 2.51. The summed E-state index contributed by atoms with van der Waals surface area (Å²) in [4.78, 5) is 0. The van der Waals surface area contributed by atoms with Gasteiger partial charge in [0.1, 0.15) is 5.67 Å². The van der Waals surface area contributed by atoms with Gasteiger partial charge in [0.15, 0.2) is 0 Å². The molecule has 0 aromatic heterocycles. The fraction of sp³-hybridized carbons (Fsp3) is 0.846. The van der Waals surface area contributed by atoms with E-state index >= 15 is 0 Å². The van der Waals surface area contributed by atoms with Gasteiger partial charge in [-0.05, 0) is 56.9 Å². The highest BCUT2D eigenvalue weighted by atomic mass is 19.1. The average Bonchev–Trinajstić information content (AvgIpc) is 2.72. The normalized spacial score (nSPS) is 47.5. The van der Waals surface area contributed by atoms with E-state index in [9.17, 15) is 4.39 Å². The number of alkyl halides is 1. The molecule has 2 aliphatic carbocycles. The maximum atomic E-state index is 13.7. The van der Waals surface area contributed by atoms with E-state index in [4.69, 9.17) is 0 Å². The predicted molar refractivity (Wildman–Crippen MR) is 59.3 cm³/mol. The van der Waals surface area contributed by atoms with E-state index in [2.05, 4.69) is 17.5 Å². The molecule has 0 spiro atoms. The van der Waals surface area contributed by atoms with Gasteiger partial charge in [0.2, 0.25) is 0 Å². The third-order valence-electron chi connectivity index (χ3n) is 4.43. The fourth-order valence-electron chi connectivity index (χ4n) is 4.05. The smallest absolute Gasteiger partial charge is 0.105 e. The van der Waals surface area contributed by atoms with Gasteiger partial charge in [-0.25, -0.2) is 4.39 Å². The van der Waals surface area contributed by atoms with Crippen molar-refractivity contribution in [2.45, 2.75) is 38.4 Å². The van der Waals surface area contributed by atoms with Gasteiger partial charge >= 0.3 is 0 Å². The maximum absolute atomic E-state index is 13.7. The topological polar surface area (TPSA) is 12.0 Å². The third kappa shape index (κ3) is 1.54. The summed E-state index contributed by atoms with van der Waals surface area (Å²) in [6.07, 6.45) is 6.77. The first-order valence-corrected chi connectivity index (χ1v) is 6.15. The van der Waals surface area contributed by atoms with Crippen LogP contribution in [0.5, 0.6) is 0 Å². The quantitative estimate of drug-likeness (QED) is 0.689. The van der Waals surface area contributed by atoms with Crippen LogP contribution in [-0.4, -0.2) is 18.3 Å². The van der Waals surface area contributed by atoms with Crippen LogP contribution < -0.4 is 5.32 Å². The minimum absolute atomic E-state index is 0.551. The highest BCUT2D eigenvalue weighted by molar-refractivity contribution is 5.19. The lowest BCUT2D eigenvalue weighted by Crippen LogP contribution is -2.31. The van der Waals surface area contributed by atoms with Gasteiger partial charge in [0.05, 0.1) is 0 Å². The second-order valence-electron chi connectivity index (χ2n) is 6.14. The zero-order valence-corrected chi connectivity index (χ0v) is 9.54. The van der Waals surface area contributed by atoms with Crippen molar-refractivity contribution in [2.75, 3.05) is 6.54 Å². The van der Waals surface area contributed by atoms with E-state index in [0.717, 1.165) is 30.7 Å². The molecular weight excluding hydrogens is 189 g/mol. The van der Waals surface area contributed by atoms with Crippen molar-refractivity contribution in [3.8, 4) is 0 Å². The molecule has 0 amide bonds. The number of halogens is 1. The Labute approximate surface area is 91.1 Å². The minimum atomic E-state index is -1.01. The lowest BCUT2D eigenvalue weighted by atomic mass is 9.78. The summed E-state index contributed by atoms with van der Waals surface area (Å²) in [6, 6.07) is 0.660. The predicted octanol–water partition coefficient (Wildman–Crippen LogP) is 2.53. The summed E-state index contributed by atoms with van der Waals surface area (Å²) in [5.74, 6) is 2.75. The highest BCUT2D eigenvalue weighted by Gasteiger charge is 2.51. The molecule has 15 heavy (non-hydrogen) atoms. The van der Waals surface area contributed by atoms with E-state index in [0.29, 0.717) is 12.0 Å². The Morgan fingerprint density at radius 3 is 2.80 bits per heavy atom. The Kier molecular flexibility index (Phi) is 2.01. The molecule has 0 aromatic rings. The van der Waals surface area contributed by atoms with E-state index in [-0.39, 0.29) is 0 Å². The number of allylic oxidation sites excluding steroid dienone is 1. The molecule has 3 aliphatic rings. The molecule has 2 fully saturated rings. The van der Waals surface area contributed by atoms with Crippen LogP contribution in [0.25, 0.3) is 0 Å². The van der Waals surface area contributed by atoms with Gasteiger partial charge in [-0.3, -0.25) is 0 Å². The molecule has 5 atom stereocenters. The van der Waals surface area contributed by atoms with Gasteiger partial charge in [-0.15, -0.1) is 0 Å². The Hall–Kier alpha value is -0.370. The lowest BCUT2D eigenvalue weighted by molar-refractivity contribution is 0.148. The van der Waals surface area contributed by atoms with Crippen LogP contribution >= 0.6 is 0 Å². The molecule has 1 nitrogen and oxygen atoms in total. The molecule has 1 aliphatic heterocycles. The molecule has 3 rings (SSSR count). The zero-order chi connectivity index (χ0) is 10.6. The van der Waals surface area contributed by atoms with Crippen molar-refractivity contribution in [1.29, 1.82) is 0 Å². The van der Waals surface area contributed by atoms with Gasteiger partial charge < -0.3 is 5.32 Å². The number of nitrogens with one attached hydrogen (secondary N) is 1. The van der Waals surface area contributed by atoms with Crippen molar-refractivity contribution < 1.29 is 4.39 Å². The molecule has 5 unspecified atom stereocenters. The summed E-state index contributed by atoms with van der Waals surface area (Å²) in [7, 11) is 0. The molecule has 84 valence electrons. The largest absolute Gasteiger partial charge is 0.313 e. The molecule has 2 heteroatoms. The number of fused-ring (bicyclic) bond motifs is 5. The molecule has 1 saturated carbocycles. The molecule has 2 bridgehead atoms. The van der Waals surface area contributed by atoms with Crippen LogP contribution in [0.1, 0.15) is 26.7 Å². The summed E-state index contributed by atoms with van der Waals surface area (Å²) < 4.78 is 13.7. The van der Waals surface area contributed by atoms with Gasteiger partial charge in [0, 0.05) is 6.04 Å². The molecule has 1 saturated heterocycles. The van der Waals surface area contributed by atoms with Crippen LogP contribution in [0.3, 0.4) is 0 Å². The van der Waals surface area contributed by atoms with Gasteiger partial charge in [-0.2, -0.15) is 0 Å². The number of rotatable bonds is 2. The average molecular weight is 209 g/mol. The van der Waals surface area contributed by atoms with E-state index in [1.165, 1.54) is 6.42 Å². The second-order valence-corrected chi connectivity index (χ2v) is 6.14. The minimum Gasteiger partial charge on any atom is -0.313 e. The molecule has 0 aromatic carbocycles. The van der Waals surface area contributed by atoms with E-state index in [1.54, 1.807) is 13.8 Å². The first-order chi connectivity index (χ1) is 7.04. The summed E-state index contributed by atoms with van der Waals surface area (Å²) in [6.45, 7) is 4.45. The Bertz CT molecular complexity index is 291. The van der Waals surface area contributed by atoms with Gasteiger partial charge in [0.25, 0.3) is 0 Å². The van der Waals surface area contributed by atoms with Crippen molar-refractivity contribution >= 4 is 0 Å².